The highest BCUT2D eigenvalue weighted by Gasteiger charge is 2.37. The average molecular weight is 197 g/mol. The number of nitrogens with one attached hydrogen (secondary N) is 1. The first kappa shape index (κ1) is 10.4. The monoisotopic (exact) mass is 197 g/mol. The molecule has 2 rings (SSSR count). The van der Waals surface area contributed by atoms with Crippen molar-refractivity contribution in [2.45, 2.75) is 63.6 Å². The van der Waals surface area contributed by atoms with E-state index in [1.54, 1.807) is 0 Å². The first-order valence-electron chi connectivity index (χ1n) is 6.23. The van der Waals surface area contributed by atoms with Gasteiger partial charge in [-0.3, -0.25) is 0 Å². The summed E-state index contributed by atoms with van der Waals surface area (Å²) in [6.45, 7) is 4.40. The third-order valence-corrected chi connectivity index (χ3v) is 3.61. The van der Waals surface area contributed by atoms with Gasteiger partial charge in [0.25, 0.3) is 0 Å². The Morgan fingerprint density at radius 1 is 1.29 bits per heavy atom. The Hall–Kier alpha value is -0.0800. The molecule has 1 saturated heterocycles. The van der Waals surface area contributed by atoms with Crippen LogP contribution in [0.4, 0.5) is 0 Å². The molecule has 0 bridgehead atoms. The second-order valence-electron chi connectivity index (χ2n) is 4.90. The fraction of sp³-hybridized carbons (Fsp3) is 1.00. The summed E-state index contributed by atoms with van der Waals surface area (Å²) >= 11 is 0. The molecular weight excluding hydrogens is 174 g/mol. The smallest absolute Gasteiger partial charge is 0.0810 e. The van der Waals surface area contributed by atoms with E-state index in [9.17, 15) is 0 Å². The van der Waals surface area contributed by atoms with Crippen LogP contribution in [0.15, 0.2) is 0 Å². The standard InChI is InChI=1S/C12H23NO/c1-2-6-11-9-13-10-12(14-11)7-4-3-5-8-12/h11,13H,2-10H2,1H3. The molecule has 2 aliphatic rings. The van der Waals surface area contributed by atoms with E-state index in [1.807, 2.05) is 0 Å². The quantitative estimate of drug-likeness (QED) is 0.734. The minimum absolute atomic E-state index is 0.219. The van der Waals surface area contributed by atoms with Gasteiger partial charge in [0.2, 0.25) is 0 Å². The first-order valence-corrected chi connectivity index (χ1v) is 6.23. The molecule has 1 aliphatic heterocycles. The van der Waals surface area contributed by atoms with Crippen LogP contribution >= 0.6 is 0 Å². The molecule has 1 N–H and O–H groups in total. The summed E-state index contributed by atoms with van der Waals surface area (Å²) in [7, 11) is 0. The highest BCUT2D eigenvalue weighted by molar-refractivity contribution is 4.91. The summed E-state index contributed by atoms with van der Waals surface area (Å²) in [5, 5.41) is 3.56. The van der Waals surface area contributed by atoms with Gasteiger partial charge in [-0.15, -0.1) is 0 Å². The third-order valence-electron chi connectivity index (χ3n) is 3.61. The zero-order valence-electron chi connectivity index (χ0n) is 9.35. The van der Waals surface area contributed by atoms with Gasteiger partial charge in [0.15, 0.2) is 0 Å². The Bertz CT molecular complexity index is 168. The van der Waals surface area contributed by atoms with E-state index in [2.05, 4.69) is 12.2 Å². The predicted molar refractivity (Wildman–Crippen MR) is 58.5 cm³/mol. The minimum atomic E-state index is 0.219. The Balaban J connectivity index is 1.91. The molecule has 2 heteroatoms. The van der Waals surface area contributed by atoms with Crippen LogP contribution in [0, 0.1) is 0 Å². The molecule has 1 atom stereocenters. The van der Waals surface area contributed by atoms with E-state index in [4.69, 9.17) is 4.74 Å². The lowest BCUT2D eigenvalue weighted by molar-refractivity contribution is -0.135. The molecule has 2 fully saturated rings. The highest BCUT2D eigenvalue weighted by atomic mass is 16.5. The Morgan fingerprint density at radius 3 is 2.79 bits per heavy atom. The maximum absolute atomic E-state index is 6.29. The summed E-state index contributed by atoms with van der Waals surface area (Å²) in [6.07, 6.45) is 9.62. The Morgan fingerprint density at radius 2 is 2.07 bits per heavy atom. The van der Waals surface area contributed by atoms with E-state index in [1.165, 1.54) is 44.9 Å². The lowest BCUT2D eigenvalue weighted by Crippen LogP contribution is -2.54. The largest absolute Gasteiger partial charge is 0.369 e. The summed E-state index contributed by atoms with van der Waals surface area (Å²) in [4.78, 5) is 0. The van der Waals surface area contributed by atoms with Gasteiger partial charge in [0.05, 0.1) is 11.7 Å². The minimum Gasteiger partial charge on any atom is -0.369 e. The van der Waals surface area contributed by atoms with Crippen molar-refractivity contribution in [3.05, 3.63) is 0 Å². The molecule has 1 heterocycles. The zero-order valence-corrected chi connectivity index (χ0v) is 9.35. The summed E-state index contributed by atoms with van der Waals surface area (Å²) in [5.74, 6) is 0. The van der Waals surface area contributed by atoms with Crippen molar-refractivity contribution in [3.8, 4) is 0 Å². The number of morpholine rings is 1. The fourth-order valence-electron chi connectivity index (χ4n) is 2.87. The van der Waals surface area contributed by atoms with E-state index in [-0.39, 0.29) is 5.60 Å². The van der Waals surface area contributed by atoms with Crippen LogP contribution in [0.5, 0.6) is 0 Å². The molecule has 0 amide bonds. The van der Waals surface area contributed by atoms with Crippen molar-refractivity contribution in [2.75, 3.05) is 13.1 Å². The number of rotatable bonds is 2. The van der Waals surface area contributed by atoms with Gasteiger partial charge >= 0.3 is 0 Å². The van der Waals surface area contributed by atoms with Crippen molar-refractivity contribution in [3.63, 3.8) is 0 Å². The molecule has 0 aromatic rings. The van der Waals surface area contributed by atoms with Crippen molar-refractivity contribution in [1.29, 1.82) is 0 Å². The molecule has 1 saturated carbocycles. The van der Waals surface area contributed by atoms with Crippen molar-refractivity contribution < 1.29 is 4.74 Å². The number of ether oxygens (including phenoxy) is 1. The molecule has 82 valence electrons. The van der Waals surface area contributed by atoms with Crippen LogP contribution in [0.2, 0.25) is 0 Å². The molecule has 1 aliphatic carbocycles. The maximum Gasteiger partial charge on any atom is 0.0810 e. The van der Waals surface area contributed by atoms with Gasteiger partial charge in [-0.25, -0.2) is 0 Å². The molecule has 0 radical (unpaired) electrons. The van der Waals surface area contributed by atoms with E-state index < -0.39 is 0 Å². The van der Waals surface area contributed by atoms with Gasteiger partial charge in [-0.1, -0.05) is 32.6 Å². The lowest BCUT2D eigenvalue weighted by Gasteiger charge is -2.44. The molecular formula is C12H23NO. The Labute approximate surface area is 87.4 Å². The average Bonchev–Trinajstić information content (AvgIpc) is 2.19. The molecule has 14 heavy (non-hydrogen) atoms. The van der Waals surface area contributed by atoms with Gasteiger partial charge in [-0.05, 0) is 19.3 Å². The summed E-state index contributed by atoms with van der Waals surface area (Å²) < 4.78 is 6.29. The van der Waals surface area contributed by atoms with Crippen LogP contribution in [0.1, 0.15) is 51.9 Å². The second-order valence-corrected chi connectivity index (χ2v) is 4.90. The SMILES string of the molecule is CCCC1CNCC2(CCCCC2)O1. The van der Waals surface area contributed by atoms with Crippen molar-refractivity contribution >= 4 is 0 Å². The zero-order chi connectivity index (χ0) is 9.86. The Kier molecular flexibility index (Phi) is 3.45. The molecule has 0 aromatic heterocycles. The van der Waals surface area contributed by atoms with E-state index >= 15 is 0 Å². The predicted octanol–water partition coefficient (Wildman–Crippen LogP) is 2.48. The van der Waals surface area contributed by atoms with Gasteiger partial charge in [0.1, 0.15) is 0 Å². The second kappa shape index (κ2) is 4.63. The number of hydrogen-bond acceptors (Lipinski definition) is 2. The molecule has 1 spiro atoms. The number of hydrogen-bond donors (Lipinski definition) is 1. The van der Waals surface area contributed by atoms with Gasteiger partial charge < -0.3 is 10.1 Å². The molecule has 0 aromatic carbocycles. The topological polar surface area (TPSA) is 21.3 Å². The summed E-state index contributed by atoms with van der Waals surface area (Å²) in [6, 6.07) is 0. The van der Waals surface area contributed by atoms with E-state index in [0.717, 1.165) is 13.1 Å². The fourth-order valence-corrected chi connectivity index (χ4v) is 2.87. The lowest BCUT2D eigenvalue weighted by atomic mass is 9.83. The highest BCUT2D eigenvalue weighted by Crippen LogP contribution is 2.34. The first-order chi connectivity index (χ1) is 6.85. The maximum atomic E-state index is 6.29. The van der Waals surface area contributed by atoms with Crippen LogP contribution in [-0.2, 0) is 4.74 Å². The van der Waals surface area contributed by atoms with Crippen molar-refractivity contribution in [2.24, 2.45) is 0 Å². The van der Waals surface area contributed by atoms with Crippen LogP contribution in [0.25, 0.3) is 0 Å². The summed E-state index contributed by atoms with van der Waals surface area (Å²) in [5.41, 5.74) is 0.219. The van der Waals surface area contributed by atoms with Crippen LogP contribution in [0.3, 0.4) is 0 Å². The van der Waals surface area contributed by atoms with Gasteiger partial charge in [-0.2, -0.15) is 0 Å². The molecule has 1 unspecified atom stereocenters. The van der Waals surface area contributed by atoms with Gasteiger partial charge in [0, 0.05) is 13.1 Å². The third kappa shape index (κ3) is 2.29. The normalized spacial score (nSPS) is 31.9. The van der Waals surface area contributed by atoms with Crippen LogP contribution in [-0.4, -0.2) is 24.8 Å². The molecule has 2 nitrogen and oxygen atoms in total. The van der Waals surface area contributed by atoms with E-state index in [0.29, 0.717) is 6.10 Å². The van der Waals surface area contributed by atoms with Crippen LogP contribution < -0.4 is 5.32 Å². The van der Waals surface area contributed by atoms with Crippen molar-refractivity contribution in [1.82, 2.24) is 5.32 Å².